The SMILES string of the molecule is C=C/C(C)=C/C(=C\C)C(F)(F)F. The lowest BCUT2D eigenvalue weighted by Gasteiger charge is -2.06. The predicted molar refractivity (Wildman–Crippen MR) is 43.8 cm³/mol. The Kier molecular flexibility index (Phi) is 3.80. The van der Waals surface area contributed by atoms with E-state index in [0.29, 0.717) is 5.57 Å². The molecule has 0 aliphatic carbocycles. The summed E-state index contributed by atoms with van der Waals surface area (Å²) in [6, 6.07) is 0. The van der Waals surface area contributed by atoms with Crippen LogP contribution in [0, 0.1) is 0 Å². The molecule has 12 heavy (non-hydrogen) atoms. The second-order valence-corrected chi connectivity index (χ2v) is 2.33. The van der Waals surface area contributed by atoms with Gasteiger partial charge in [-0.3, -0.25) is 0 Å². The van der Waals surface area contributed by atoms with Gasteiger partial charge >= 0.3 is 6.18 Å². The number of hydrogen-bond donors (Lipinski definition) is 0. The van der Waals surface area contributed by atoms with Gasteiger partial charge in [0.2, 0.25) is 0 Å². The van der Waals surface area contributed by atoms with Crippen molar-refractivity contribution in [3.05, 3.63) is 36.0 Å². The quantitative estimate of drug-likeness (QED) is 0.563. The molecule has 0 atom stereocenters. The summed E-state index contributed by atoms with van der Waals surface area (Å²) in [5.74, 6) is 0. The highest BCUT2D eigenvalue weighted by Gasteiger charge is 2.30. The first kappa shape index (κ1) is 11.0. The van der Waals surface area contributed by atoms with Crippen LogP contribution in [0.25, 0.3) is 0 Å². The lowest BCUT2D eigenvalue weighted by Crippen LogP contribution is -2.09. The monoisotopic (exact) mass is 176 g/mol. The molecule has 0 aromatic rings. The van der Waals surface area contributed by atoms with Gasteiger partial charge in [0.05, 0.1) is 5.57 Å². The number of allylic oxidation sites excluding steroid dienone is 5. The van der Waals surface area contributed by atoms with E-state index >= 15 is 0 Å². The largest absolute Gasteiger partial charge is 0.416 e. The minimum absolute atomic E-state index is 0.500. The van der Waals surface area contributed by atoms with E-state index in [1.165, 1.54) is 13.0 Å². The molecule has 0 saturated heterocycles. The summed E-state index contributed by atoms with van der Waals surface area (Å²) in [6.07, 6.45) is -0.783. The zero-order valence-electron chi connectivity index (χ0n) is 7.07. The van der Waals surface area contributed by atoms with Gasteiger partial charge in [-0.15, -0.1) is 0 Å². The third-order valence-electron chi connectivity index (χ3n) is 1.34. The number of hydrogen-bond acceptors (Lipinski definition) is 0. The second-order valence-electron chi connectivity index (χ2n) is 2.33. The lowest BCUT2D eigenvalue weighted by molar-refractivity contribution is -0.0883. The Balaban J connectivity index is 4.74. The molecule has 0 spiro atoms. The molecule has 0 aromatic carbocycles. The molecule has 0 saturated carbocycles. The average molecular weight is 176 g/mol. The van der Waals surface area contributed by atoms with Crippen LogP contribution in [0.5, 0.6) is 0 Å². The molecule has 0 unspecified atom stereocenters. The molecule has 0 amide bonds. The van der Waals surface area contributed by atoms with Crippen molar-refractivity contribution in [3.63, 3.8) is 0 Å². The molecule has 0 aliphatic heterocycles. The summed E-state index contributed by atoms with van der Waals surface area (Å²) < 4.78 is 36.2. The zero-order valence-corrected chi connectivity index (χ0v) is 7.07. The van der Waals surface area contributed by atoms with Crippen molar-refractivity contribution in [1.82, 2.24) is 0 Å². The van der Waals surface area contributed by atoms with Crippen molar-refractivity contribution in [2.75, 3.05) is 0 Å². The molecule has 0 radical (unpaired) electrons. The van der Waals surface area contributed by atoms with Crippen LogP contribution in [0.3, 0.4) is 0 Å². The van der Waals surface area contributed by atoms with Gasteiger partial charge in [0, 0.05) is 0 Å². The molecule has 0 heterocycles. The van der Waals surface area contributed by atoms with Crippen LogP contribution in [0.1, 0.15) is 13.8 Å². The van der Waals surface area contributed by atoms with Crippen molar-refractivity contribution in [3.8, 4) is 0 Å². The van der Waals surface area contributed by atoms with Gasteiger partial charge in [-0.25, -0.2) is 0 Å². The van der Waals surface area contributed by atoms with Crippen LogP contribution in [-0.2, 0) is 0 Å². The maximum absolute atomic E-state index is 12.1. The molecule has 0 aliphatic rings. The fraction of sp³-hybridized carbons (Fsp3) is 0.333. The summed E-state index contributed by atoms with van der Waals surface area (Å²) >= 11 is 0. The lowest BCUT2D eigenvalue weighted by atomic mass is 10.1. The third-order valence-corrected chi connectivity index (χ3v) is 1.34. The van der Waals surface area contributed by atoms with Crippen LogP contribution in [0.4, 0.5) is 13.2 Å². The first-order chi connectivity index (χ1) is 5.41. The Bertz CT molecular complexity index is 218. The number of halogens is 3. The highest BCUT2D eigenvalue weighted by Crippen LogP contribution is 2.27. The molecule has 3 heteroatoms. The summed E-state index contributed by atoms with van der Waals surface area (Å²) in [5, 5.41) is 0. The van der Waals surface area contributed by atoms with E-state index in [4.69, 9.17) is 0 Å². The zero-order chi connectivity index (χ0) is 9.78. The first-order valence-electron chi connectivity index (χ1n) is 3.46. The number of rotatable bonds is 2. The van der Waals surface area contributed by atoms with E-state index < -0.39 is 11.7 Å². The predicted octanol–water partition coefficient (Wildman–Crippen LogP) is 3.63. The molecule has 0 N–H and O–H groups in total. The maximum Gasteiger partial charge on any atom is 0.416 e. The van der Waals surface area contributed by atoms with Gasteiger partial charge in [0.1, 0.15) is 0 Å². The van der Waals surface area contributed by atoms with E-state index in [-0.39, 0.29) is 0 Å². The molecule has 0 nitrogen and oxygen atoms in total. The van der Waals surface area contributed by atoms with Crippen LogP contribution in [-0.4, -0.2) is 6.18 Å². The van der Waals surface area contributed by atoms with Gasteiger partial charge in [0.15, 0.2) is 0 Å². The highest BCUT2D eigenvalue weighted by atomic mass is 19.4. The third kappa shape index (κ3) is 3.42. The Morgan fingerprint density at radius 1 is 1.33 bits per heavy atom. The summed E-state index contributed by atoms with van der Waals surface area (Å²) in [4.78, 5) is 0. The van der Waals surface area contributed by atoms with Crippen molar-refractivity contribution in [2.24, 2.45) is 0 Å². The Labute approximate surface area is 70.1 Å². The van der Waals surface area contributed by atoms with Crippen LogP contribution < -0.4 is 0 Å². The molecular weight excluding hydrogens is 165 g/mol. The minimum atomic E-state index is -4.26. The summed E-state index contributed by atoms with van der Waals surface area (Å²) in [5.41, 5.74) is -0.139. The summed E-state index contributed by atoms with van der Waals surface area (Å²) in [7, 11) is 0. The molecule has 68 valence electrons. The van der Waals surface area contributed by atoms with Crippen molar-refractivity contribution >= 4 is 0 Å². The second kappa shape index (κ2) is 4.14. The molecule has 0 aromatic heterocycles. The normalized spacial score (nSPS) is 14.8. The fourth-order valence-electron chi connectivity index (χ4n) is 0.633. The van der Waals surface area contributed by atoms with Crippen molar-refractivity contribution in [1.29, 1.82) is 0 Å². The average Bonchev–Trinajstić information content (AvgIpc) is 1.97. The van der Waals surface area contributed by atoms with Crippen LogP contribution in [0.2, 0.25) is 0 Å². The summed E-state index contributed by atoms with van der Waals surface area (Å²) in [6.45, 7) is 6.30. The van der Waals surface area contributed by atoms with E-state index in [0.717, 1.165) is 12.2 Å². The topological polar surface area (TPSA) is 0 Å². The Hall–Kier alpha value is -0.990. The minimum Gasteiger partial charge on any atom is -0.166 e. The fourth-order valence-corrected chi connectivity index (χ4v) is 0.633. The van der Waals surface area contributed by atoms with E-state index in [2.05, 4.69) is 6.58 Å². The van der Waals surface area contributed by atoms with Gasteiger partial charge in [0.25, 0.3) is 0 Å². The smallest absolute Gasteiger partial charge is 0.166 e. The molecule has 0 bridgehead atoms. The van der Waals surface area contributed by atoms with E-state index in [9.17, 15) is 13.2 Å². The van der Waals surface area contributed by atoms with Gasteiger partial charge < -0.3 is 0 Å². The highest BCUT2D eigenvalue weighted by molar-refractivity contribution is 5.30. The van der Waals surface area contributed by atoms with E-state index in [1.54, 1.807) is 6.92 Å². The van der Waals surface area contributed by atoms with Crippen molar-refractivity contribution in [2.45, 2.75) is 20.0 Å². The number of alkyl halides is 3. The standard InChI is InChI=1S/C9H11F3/c1-4-7(3)6-8(5-2)9(10,11)12/h4-6H,1H2,2-3H3/b7-6+,8-5+. The van der Waals surface area contributed by atoms with Crippen LogP contribution >= 0.6 is 0 Å². The van der Waals surface area contributed by atoms with E-state index in [1.807, 2.05) is 0 Å². The van der Waals surface area contributed by atoms with Crippen molar-refractivity contribution < 1.29 is 13.2 Å². The molecule has 0 fully saturated rings. The van der Waals surface area contributed by atoms with Gasteiger partial charge in [-0.2, -0.15) is 13.2 Å². The maximum atomic E-state index is 12.1. The van der Waals surface area contributed by atoms with Crippen LogP contribution in [0.15, 0.2) is 36.0 Å². The Morgan fingerprint density at radius 3 is 2.08 bits per heavy atom. The Morgan fingerprint density at radius 2 is 1.83 bits per heavy atom. The molecule has 0 rings (SSSR count). The van der Waals surface area contributed by atoms with Gasteiger partial charge in [-0.1, -0.05) is 24.3 Å². The van der Waals surface area contributed by atoms with Gasteiger partial charge in [-0.05, 0) is 19.9 Å². The molecular formula is C9H11F3. The first-order valence-corrected chi connectivity index (χ1v) is 3.46.